The van der Waals surface area contributed by atoms with Crippen molar-refractivity contribution in [2.24, 2.45) is 0 Å². The van der Waals surface area contributed by atoms with Crippen molar-refractivity contribution in [3.05, 3.63) is 152 Å². The van der Waals surface area contributed by atoms with Crippen LogP contribution in [0.15, 0.2) is 156 Å². The number of benzene rings is 7. The molecule has 4 heteroatoms. The molecule has 0 aliphatic rings. The zero-order valence-corrected chi connectivity index (χ0v) is 24.0. The summed E-state index contributed by atoms with van der Waals surface area (Å²) in [7, 11) is 0. The van der Waals surface area contributed by atoms with E-state index in [0.717, 1.165) is 49.0 Å². The van der Waals surface area contributed by atoms with Crippen molar-refractivity contribution in [1.82, 2.24) is 15.0 Å². The Morgan fingerprint density at radius 3 is 1.82 bits per heavy atom. The maximum absolute atomic E-state index is 9.03. The molecule has 0 aliphatic heterocycles. The Morgan fingerprint density at radius 2 is 1.04 bits per heavy atom. The smallest absolute Gasteiger partial charge is 0.164 e. The second-order valence-corrected chi connectivity index (χ2v) is 11.1. The van der Waals surface area contributed by atoms with E-state index < -0.39 is 0 Å². The van der Waals surface area contributed by atoms with E-state index in [9.17, 15) is 0 Å². The quantitative estimate of drug-likeness (QED) is 0.209. The fourth-order valence-corrected chi connectivity index (χ4v) is 6.10. The predicted molar refractivity (Wildman–Crippen MR) is 184 cm³/mol. The zero-order valence-electron chi connectivity index (χ0n) is 26.0. The van der Waals surface area contributed by atoms with Crippen molar-refractivity contribution in [3.8, 4) is 45.3 Å². The SMILES string of the molecule is [2H]c1ccc2oc3ccc([2H])c(-c4nc(-c5ccc6ccccc6c5)nc(-c5ccc6cc(-c7ccccc7)ccc6c5)n4)c3c2c1. The second-order valence-electron chi connectivity index (χ2n) is 11.1. The monoisotopic (exact) mass is 577 g/mol. The fraction of sp³-hybridized carbons (Fsp3) is 0. The van der Waals surface area contributed by atoms with E-state index in [4.69, 9.17) is 22.1 Å². The standard InChI is InChI=1S/C41H25N3O/c1-2-9-26(10-3-1)29-18-19-31-25-33(22-20-30(31)23-29)40-42-39(32-21-17-27-11-4-5-12-28(27)24-32)43-41(44-40)35-14-8-16-37-38(35)34-13-6-7-15-36(34)45-37/h1-25H/i6D,14D. The lowest BCUT2D eigenvalue weighted by molar-refractivity contribution is 0.669. The molecule has 9 aromatic rings. The first-order valence-electron chi connectivity index (χ1n) is 15.9. The molecular formula is C41H25N3O. The van der Waals surface area contributed by atoms with Crippen LogP contribution >= 0.6 is 0 Å². The van der Waals surface area contributed by atoms with Gasteiger partial charge in [0.1, 0.15) is 11.2 Å². The fourth-order valence-electron chi connectivity index (χ4n) is 6.10. The van der Waals surface area contributed by atoms with Crippen LogP contribution in [-0.4, -0.2) is 15.0 Å². The summed E-state index contributed by atoms with van der Waals surface area (Å²) < 4.78 is 23.5. The molecule has 0 radical (unpaired) electrons. The molecule has 0 amide bonds. The Morgan fingerprint density at radius 1 is 0.444 bits per heavy atom. The largest absolute Gasteiger partial charge is 0.456 e. The molecule has 0 N–H and O–H groups in total. The molecule has 45 heavy (non-hydrogen) atoms. The minimum Gasteiger partial charge on any atom is -0.456 e. The summed E-state index contributed by atoms with van der Waals surface area (Å²) in [4.78, 5) is 15.0. The average Bonchev–Trinajstić information content (AvgIpc) is 3.48. The second kappa shape index (κ2) is 10.2. The first kappa shape index (κ1) is 23.3. The molecule has 0 unspecified atom stereocenters. The molecule has 210 valence electrons. The molecule has 0 saturated carbocycles. The van der Waals surface area contributed by atoms with Gasteiger partial charge in [-0.15, -0.1) is 0 Å². The molecule has 7 aromatic carbocycles. The number of rotatable bonds is 4. The first-order chi connectivity index (χ1) is 23.1. The summed E-state index contributed by atoms with van der Waals surface area (Å²) in [5.74, 6) is 1.41. The van der Waals surface area contributed by atoms with Crippen LogP contribution in [0.1, 0.15) is 2.74 Å². The summed E-state index contributed by atoms with van der Waals surface area (Å²) in [6.45, 7) is 0. The molecule has 0 atom stereocenters. The van der Waals surface area contributed by atoms with Gasteiger partial charge in [0.25, 0.3) is 0 Å². The minimum atomic E-state index is 0.268. The van der Waals surface area contributed by atoms with Crippen LogP contribution in [0.4, 0.5) is 0 Å². The van der Waals surface area contributed by atoms with Crippen LogP contribution in [0.2, 0.25) is 0 Å². The number of nitrogens with zero attached hydrogens (tertiary/aromatic N) is 3. The van der Waals surface area contributed by atoms with Crippen molar-refractivity contribution in [1.29, 1.82) is 0 Å². The number of hydrogen-bond donors (Lipinski definition) is 0. The molecule has 0 saturated heterocycles. The molecule has 2 aromatic heterocycles. The van der Waals surface area contributed by atoms with Gasteiger partial charge in [0.2, 0.25) is 0 Å². The normalized spacial score (nSPS) is 12.2. The third kappa shape index (κ3) is 4.43. The van der Waals surface area contributed by atoms with Crippen LogP contribution in [0, 0.1) is 0 Å². The summed E-state index contributed by atoms with van der Waals surface area (Å²) in [5, 5.41) is 5.88. The van der Waals surface area contributed by atoms with Gasteiger partial charge in [0.15, 0.2) is 17.5 Å². The zero-order chi connectivity index (χ0) is 31.5. The Bertz CT molecular complexity index is 2670. The van der Waals surface area contributed by atoms with Crippen molar-refractivity contribution < 1.29 is 7.16 Å². The highest BCUT2D eigenvalue weighted by Crippen LogP contribution is 2.37. The third-order valence-corrected chi connectivity index (χ3v) is 8.34. The van der Waals surface area contributed by atoms with Crippen LogP contribution in [0.5, 0.6) is 0 Å². The van der Waals surface area contributed by atoms with Crippen LogP contribution in [0.3, 0.4) is 0 Å². The van der Waals surface area contributed by atoms with Gasteiger partial charge in [-0.1, -0.05) is 121 Å². The van der Waals surface area contributed by atoms with E-state index in [1.165, 1.54) is 5.56 Å². The number of aromatic nitrogens is 3. The van der Waals surface area contributed by atoms with Crippen molar-refractivity contribution in [2.45, 2.75) is 0 Å². The average molecular weight is 578 g/mol. The lowest BCUT2D eigenvalue weighted by atomic mass is 10.00. The molecule has 2 heterocycles. The van der Waals surface area contributed by atoms with E-state index in [0.29, 0.717) is 40.2 Å². The highest BCUT2D eigenvalue weighted by atomic mass is 16.3. The van der Waals surface area contributed by atoms with Gasteiger partial charge in [-0.3, -0.25) is 0 Å². The van der Waals surface area contributed by atoms with Crippen molar-refractivity contribution >= 4 is 43.5 Å². The van der Waals surface area contributed by atoms with Crippen molar-refractivity contribution in [3.63, 3.8) is 0 Å². The van der Waals surface area contributed by atoms with Gasteiger partial charge >= 0.3 is 0 Å². The molecular weight excluding hydrogens is 550 g/mol. The van der Waals surface area contributed by atoms with E-state index in [2.05, 4.69) is 78.9 Å². The molecule has 9 rings (SSSR count). The van der Waals surface area contributed by atoms with Gasteiger partial charge < -0.3 is 4.42 Å². The maximum atomic E-state index is 9.03. The topological polar surface area (TPSA) is 51.8 Å². The number of hydrogen-bond acceptors (Lipinski definition) is 4. The van der Waals surface area contributed by atoms with Crippen LogP contribution in [-0.2, 0) is 0 Å². The summed E-state index contributed by atoms with van der Waals surface area (Å²) in [6, 6.07) is 46.9. The van der Waals surface area contributed by atoms with Gasteiger partial charge in [0, 0.05) is 27.5 Å². The van der Waals surface area contributed by atoms with Crippen LogP contribution in [0.25, 0.3) is 88.8 Å². The maximum Gasteiger partial charge on any atom is 0.164 e. The lowest BCUT2D eigenvalue weighted by Crippen LogP contribution is -2.00. The molecule has 0 spiro atoms. The Kier molecular flexibility index (Phi) is 5.32. The molecule has 4 nitrogen and oxygen atoms in total. The first-order valence-corrected chi connectivity index (χ1v) is 14.9. The minimum absolute atomic E-state index is 0.268. The number of fused-ring (bicyclic) bond motifs is 5. The molecule has 0 aliphatic carbocycles. The van der Waals surface area contributed by atoms with Gasteiger partial charge in [-0.05, 0) is 63.0 Å². The predicted octanol–water partition coefficient (Wildman–Crippen LogP) is 10.7. The van der Waals surface area contributed by atoms with E-state index in [1.54, 1.807) is 30.3 Å². The van der Waals surface area contributed by atoms with Crippen molar-refractivity contribution in [2.75, 3.05) is 0 Å². The molecule has 0 fully saturated rings. The van der Waals surface area contributed by atoms with E-state index in [-0.39, 0.29) is 6.04 Å². The number of furan rings is 1. The van der Waals surface area contributed by atoms with Gasteiger partial charge in [-0.25, -0.2) is 15.0 Å². The molecule has 0 bridgehead atoms. The summed E-state index contributed by atoms with van der Waals surface area (Å²) in [5.41, 5.74) is 5.84. The third-order valence-electron chi connectivity index (χ3n) is 8.34. The lowest BCUT2D eigenvalue weighted by Gasteiger charge is -2.11. The Balaban J connectivity index is 1.27. The highest BCUT2D eigenvalue weighted by molar-refractivity contribution is 6.11. The van der Waals surface area contributed by atoms with Gasteiger partial charge in [0.05, 0.1) is 2.74 Å². The van der Waals surface area contributed by atoms with E-state index in [1.807, 2.05) is 30.3 Å². The highest BCUT2D eigenvalue weighted by Gasteiger charge is 2.18. The summed E-state index contributed by atoms with van der Waals surface area (Å²) in [6.07, 6.45) is 0. The van der Waals surface area contributed by atoms with Crippen LogP contribution < -0.4 is 0 Å². The van der Waals surface area contributed by atoms with Gasteiger partial charge in [-0.2, -0.15) is 0 Å². The van der Waals surface area contributed by atoms with E-state index >= 15 is 0 Å². The number of para-hydroxylation sites is 1. The Hall–Kier alpha value is -6.13. The Labute approximate surface area is 262 Å². The summed E-state index contributed by atoms with van der Waals surface area (Å²) >= 11 is 0.